The van der Waals surface area contributed by atoms with Gasteiger partial charge in [-0.3, -0.25) is 4.79 Å². The molecule has 1 unspecified atom stereocenters. The third kappa shape index (κ3) is 3.51. The summed E-state index contributed by atoms with van der Waals surface area (Å²) in [6.07, 6.45) is 1.54. The van der Waals surface area contributed by atoms with Gasteiger partial charge in [0.1, 0.15) is 5.82 Å². The lowest BCUT2D eigenvalue weighted by Gasteiger charge is -2.12. The molecule has 1 amide bonds. The van der Waals surface area contributed by atoms with Crippen LogP contribution in [-0.4, -0.2) is 30.1 Å². The second-order valence-electron chi connectivity index (χ2n) is 3.41. The van der Waals surface area contributed by atoms with Gasteiger partial charge in [0.25, 0.3) is 5.91 Å². The second-order valence-corrected chi connectivity index (χ2v) is 3.41. The number of ether oxygens (including phenoxy) is 1. The normalized spacial score (nSPS) is 12.1. The van der Waals surface area contributed by atoms with Crippen molar-refractivity contribution in [1.82, 2.24) is 10.3 Å². The summed E-state index contributed by atoms with van der Waals surface area (Å²) in [6.45, 7) is 4.90. The molecule has 1 rings (SSSR count). The number of rotatable bonds is 5. The first-order valence-electron chi connectivity index (χ1n) is 5.25. The van der Waals surface area contributed by atoms with E-state index in [1.807, 2.05) is 13.8 Å². The summed E-state index contributed by atoms with van der Waals surface area (Å²) in [7, 11) is 0. The molecule has 0 fully saturated rings. The van der Waals surface area contributed by atoms with E-state index in [1.165, 1.54) is 0 Å². The molecule has 0 radical (unpaired) electrons. The lowest BCUT2D eigenvalue weighted by Crippen LogP contribution is -2.32. The quantitative estimate of drug-likeness (QED) is 0.774. The Kier molecular flexibility index (Phi) is 4.72. The molecule has 0 aliphatic rings. The summed E-state index contributed by atoms with van der Waals surface area (Å²) >= 11 is 0. The molecule has 16 heavy (non-hydrogen) atoms. The minimum atomic E-state index is -0.225. The topological polar surface area (TPSA) is 77.2 Å². The molecule has 0 saturated carbocycles. The van der Waals surface area contributed by atoms with Crippen molar-refractivity contribution in [3.8, 4) is 0 Å². The Balaban J connectivity index is 2.50. The zero-order chi connectivity index (χ0) is 12.0. The summed E-state index contributed by atoms with van der Waals surface area (Å²) in [4.78, 5) is 15.5. The Bertz CT molecular complexity index is 355. The third-order valence-corrected chi connectivity index (χ3v) is 2.08. The molecule has 3 N–H and O–H groups in total. The van der Waals surface area contributed by atoms with Crippen LogP contribution >= 0.6 is 0 Å². The maximum absolute atomic E-state index is 11.7. The minimum Gasteiger partial charge on any atom is -0.383 e. The van der Waals surface area contributed by atoms with Crippen LogP contribution in [0.4, 0.5) is 5.82 Å². The Labute approximate surface area is 95.0 Å². The van der Waals surface area contributed by atoms with Gasteiger partial charge in [0.2, 0.25) is 0 Å². The fourth-order valence-corrected chi connectivity index (χ4v) is 1.28. The average molecular weight is 223 g/mol. The second kappa shape index (κ2) is 6.07. The highest BCUT2D eigenvalue weighted by molar-refractivity contribution is 5.98. The Morgan fingerprint density at radius 1 is 1.69 bits per heavy atom. The van der Waals surface area contributed by atoms with Crippen LogP contribution in [0.5, 0.6) is 0 Å². The number of pyridine rings is 1. The number of nitrogens with zero attached hydrogens (tertiary/aromatic N) is 1. The van der Waals surface area contributed by atoms with Crippen molar-refractivity contribution in [2.45, 2.75) is 20.0 Å². The molecular formula is C11H17N3O2. The fourth-order valence-electron chi connectivity index (χ4n) is 1.28. The van der Waals surface area contributed by atoms with E-state index < -0.39 is 0 Å². The summed E-state index contributed by atoms with van der Waals surface area (Å²) in [5.74, 6) is 0.0150. The van der Waals surface area contributed by atoms with Gasteiger partial charge in [0.15, 0.2) is 0 Å². The third-order valence-electron chi connectivity index (χ3n) is 2.08. The van der Waals surface area contributed by atoms with Crippen LogP contribution in [0, 0.1) is 0 Å². The number of carbonyl (C=O) groups is 1. The largest absolute Gasteiger partial charge is 0.383 e. The Morgan fingerprint density at radius 3 is 3.06 bits per heavy atom. The van der Waals surface area contributed by atoms with E-state index >= 15 is 0 Å². The van der Waals surface area contributed by atoms with E-state index in [9.17, 15) is 4.79 Å². The van der Waals surface area contributed by atoms with Crippen molar-refractivity contribution < 1.29 is 9.53 Å². The number of amides is 1. The van der Waals surface area contributed by atoms with Gasteiger partial charge in [0, 0.05) is 19.3 Å². The molecule has 1 atom stereocenters. The van der Waals surface area contributed by atoms with Crippen LogP contribution in [0.25, 0.3) is 0 Å². The summed E-state index contributed by atoms with van der Waals surface area (Å²) in [6, 6.07) is 3.32. The van der Waals surface area contributed by atoms with Crippen molar-refractivity contribution >= 4 is 11.7 Å². The maximum Gasteiger partial charge on any atom is 0.255 e. The van der Waals surface area contributed by atoms with Gasteiger partial charge in [0.05, 0.1) is 11.7 Å². The van der Waals surface area contributed by atoms with E-state index in [0.29, 0.717) is 18.7 Å². The van der Waals surface area contributed by atoms with Crippen molar-refractivity contribution in [1.29, 1.82) is 0 Å². The molecule has 1 aromatic rings. The van der Waals surface area contributed by atoms with Crippen molar-refractivity contribution in [2.24, 2.45) is 0 Å². The molecule has 5 heteroatoms. The number of nitrogen functional groups attached to an aromatic ring is 1. The number of aromatic nitrogens is 1. The van der Waals surface area contributed by atoms with E-state index in [4.69, 9.17) is 10.5 Å². The lowest BCUT2D eigenvalue weighted by molar-refractivity contribution is 0.0695. The van der Waals surface area contributed by atoms with Gasteiger partial charge in [-0.15, -0.1) is 0 Å². The Morgan fingerprint density at radius 2 is 2.44 bits per heavy atom. The fraction of sp³-hybridized carbons (Fsp3) is 0.455. The van der Waals surface area contributed by atoms with Gasteiger partial charge in [-0.25, -0.2) is 4.98 Å². The number of hydrogen-bond donors (Lipinski definition) is 2. The smallest absolute Gasteiger partial charge is 0.255 e. The van der Waals surface area contributed by atoms with Gasteiger partial charge in [-0.1, -0.05) is 0 Å². The summed E-state index contributed by atoms with van der Waals surface area (Å²) in [5.41, 5.74) is 5.98. The highest BCUT2D eigenvalue weighted by atomic mass is 16.5. The van der Waals surface area contributed by atoms with Crippen molar-refractivity contribution in [3.63, 3.8) is 0 Å². The standard InChI is InChI=1S/C11H17N3O2/c1-3-16-8(2)7-14-11(15)9-5-4-6-13-10(9)12/h4-6,8H,3,7H2,1-2H3,(H2,12,13)(H,14,15). The summed E-state index contributed by atoms with van der Waals surface area (Å²) in [5, 5.41) is 2.74. The van der Waals surface area contributed by atoms with E-state index in [2.05, 4.69) is 10.3 Å². The van der Waals surface area contributed by atoms with Crippen LogP contribution in [0.3, 0.4) is 0 Å². The molecule has 88 valence electrons. The van der Waals surface area contributed by atoms with Crippen molar-refractivity contribution in [3.05, 3.63) is 23.9 Å². The summed E-state index contributed by atoms with van der Waals surface area (Å²) < 4.78 is 5.30. The number of hydrogen-bond acceptors (Lipinski definition) is 4. The van der Waals surface area contributed by atoms with E-state index in [0.717, 1.165) is 0 Å². The van der Waals surface area contributed by atoms with Crippen LogP contribution < -0.4 is 11.1 Å². The maximum atomic E-state index is 11.7. The number of nitrogens with two attached hydrogens (primary N) is 1. The van der Waals surface area contributed by atoms with Gasteiger partial charge < -0.3 is 15.8 Å². The molecule has 0 bridgehead atoms. The van der Waals surface area contributed by atoms with Crippen LogP contribution in [0.1, 0.15) is 24.2 Å². The van der Waals surface area contributed by atoms with Crippen LogP contribution in [0.2, 0.25) is 0 Å². The highest BCUT2D eigenvalue weighted by Gasteiger charge is 2.10. The molecule has 1 heterocycles. The zero-order valence-corrected chi connectivity index (χ0v) is 9.56. The van der Waals surface area contributed by atoms with E-state index in [-0.39, 0.29) is 17.8 Å². The monoisotopic (exact) mass is 223 g/mol. The predicted octanol–water partition coefficient (Wildman–Crippen LogP) is 0.819. The Hall–Kier alpha value is -1.62. The molecular weight excluding hydrogens is 206 g/mol. The van der Waals surface area contributed by atoms with Gasteiger partial charge in [-0.2, -0.15) is 0 Å². The molecule has 1 aromatic heterocycles. The van der Waals surface area contributed by atoms with E-state index in [1.54, 1.807) is 18.3 Å². The highest BCUT2D eigenvalue weighted by Crippen LogP contribution is 2.06. The zero-order valence-electron chi connectivity index (χ0n) is 9.56. The van der Waals surface area contributed by atoms with Crippen molar-refractivity contribution in [2.75, 3.05) is 18.9 Å². The molecule has 0 aromatic carbocycles. The molecule has 0 spiro atoms. The first-order valence-corrected chi connectivity index (χ1v) is 5.25. The van der Waals surface area contributed by atoms with Crippen LogP contribution in [-0.2, 0) is 4.74 Å². The van der Waals surface area contributed by atoms with Gasteiger partial charge in [-0.05, 0) is 26.0 Å². The predicted molar refractivity (Wildman–Crippen MR) is 62.1 cm³/mol. The molecule has 0 aliphatic heterocycles. The molecule has 0 aliphatic carbocycles. The number of carbonyl (C=O) groups excluding carboxylic acids is 1. The number of nitrogens with one attached hydrogen (secondary N) is 1. The lowest BCUT2D eigenvalue weighted by atomic mass is 10.2. The SMILES string of the molecule is CCOC(C)CNC(=O)c1cccnc1N. The van der Waals surface area contributed by atoms with Gasteiger partial charge >= 0.3 is 0 Å². The number of anilines is 1. The first kappa shape index (κ1) is 12.4. The first-order chi connectivity index (χ1) is 7.65. The molecule has 5 nitrogen and oxygen atoms in total. The average Bonchev–Trinajstić information content (AvgIpc) is 2.27. The van der Waals surface area contributed by atoms with Crippen LogP contribution in [0.15, 0.2) is 18.3 Å². The minimum absolute atomic E-state index is 0.00755. The molecule has 0 saturated heterocycles.